The highest BCUT2D eigenvalue weighted by atomic mass is 16.5. The van der Waals surface area contributed by atoms with Crippen LogP contribution in [-0.4, -0.2) is 13.1 Å². The van der Waals surface area contributed by atoms with Gasteiger partial charge in [0.2, 0.25) is 0 Å². The molecule has 0 spiro atoms. The van der Waals surface area contributed by atoms with Crippen LogP contribution in [0.5, 0.6) is 0 Å². The molecular weight excluding hydrogens is 236 g/mol. The van der Waals surface area contributed by atoms with Gasteiger partial charge in [-0.2, -0.15) is 0 Å². The predicted octanol–water partition coefficient (Wildman–Crippen LogP) is 4.86. The second-order valence-corrected chi connectivity index (χ2v) is 5.01. The highest BCUT2D eigenvalue weighted by molar-refractivity contribution is 5.68. The summed E-state index contributed by atoms with van der Waals surface area (Å²) < 4.78 is 4.60. The Bertz CT molecular complexity index is 260. The summed E-state index contributed by atoms with van der Waals surface area (Å²) in [6, 6.07) is 0. The predicted molar refractivity (Wildman–Crippen MR) is 80.9 cm³/mol. The van der Waals surface area contributed by atoms with Gasteiger partial charge in [-0.3, -0.25) is 4.79 Å². The Balaban J connectivity index is 3.12. The number of ether oxygens (including phenoxy) is 1. The van der Waals surface area contributed by atoms with E-state index in [2.05, 4.69) is 23.5 Å². The van der Waals surface area contributed by atoms with Crippen LogP contribution in [0.15, 0.2) is 0 Å². The first kappa shape index (κ1) is 18.0. The topological polar surface area (TPSA) is 26.3 Å². The first-order valence-corrected chi connectivity index (χ1v) is 7.83. The Kier molecular flexibility index (Phi) is 14.3. The van der Waals surface area contributed by atoms with Crippen molar-refractivity contribution in [1.29, 1.82) is 0 Å². The molecule has 110 valence electrons. The fraction of sp³-hybridized carbons (Fsp3) is 0.824. The molecule has 0 heterocycles. The highest BCUT2D eigenvalue weighted by Gasteiger charge is 1.98. The molecule has 2 nitrogen and oxygen atoms in total. The van der Waals surface area contributed by atoms with Gasteiger partial charge in [0.05, 0.1) is 7.11 Å². The third-order valence-electron chi connectivity index (χ3n) is 3.19. The van der Waals surface area contributed by atoms with Gasteiger partial charge in [-0.25, -0.2) is 0 Å². The van der Waals surface area contributed by atoms with Gasteiger partial charge < -0.3 is 4.74 Å². The maximum atomic E-state index is 10.9. The number of carbonyl (C=O) groups excluding carboxylic acids is 1. The van der Waals surface area contributed by atoms with E-state index in [4.69, 9.17) is 0 Å². The molecule has 0 fully saturated rings. The molecule has 0 atom stereocenters. The molecule has 0 aliphatic heterocycles. The molecule has 2 heteroatoms. The van der Waals surface area contributed by atoms with Gasteiger partial charge in [0.1, 0.15) is 0 Å². The van der Waals surface area contributed by atoms with Crippen molar-refractivity contribution in [3.8, 4) is 11.8 Å². The monoisotopic (exact) mass is 266 g/mol. The number of hydrogen-bond acceptors (Lipinski definition) is 2. The first-order chi connectivity index (χ1) is 9.31. The molecule has 0 N–H and O–H groups in total. The fourth-order valence-corrected chi connectivity index (χ4v) is 1.93. The molecule has 0 radical (unpaired) electrons. The van der Waals surface area contributed by atoms with E-state index in [-0.39, 0.29) is 5.97 Å². The molecule has 0 aliphatic rings. The Morgan fingerprint density at radius 1 is 0.842 bits per heavy atom. The molecule has 0 aromatic carbocycles. The van der Waals surface area contributed by atoms with Crippen LogP contribution in [0.25, 0.3) is 0 Å². The maximum absolute atomic E-state index is 10.9. The zero-order valence-corrected chi connectivity index (χ0v) is 12.8. The highest BCUT2D eigenvalue weighted by Crippen LogP contribution is 2.08. The van der Waals surface area contributed by atoms with Gasteiger partial charge in [0.25, 0.3) is 0 Å². The van der Waals surface area contributed by atoms with Crippen LogP contribution in [0.2, 0.25) is 0 Å². The van der Waals surface area contributed by atoms with Crippen LogP contribution >= 0.6 is 0 Å². The third-order valence-corrected chi connectivity index (χ3v) is 3.19. The Labute approximate surface area is 119 Å². The number of hydrogen-bond donors (Lipinski definition) is 0. The van der Waals surface area contributed by atoms with Crippen molar-refractivity contribution in [3.63, 3.8) is 0 Å². The number of rotatable bonds is 11. The lowest BCUT2D eigenvalue weighted by molar-refractivity contribution is -0.140. The van der Waals surface area contributed by atoms with Crippen molar-refractivity contribution in [2.45, 2.75) is 84.0 Å². The summed E-state index contributed by atoms with van der Waals surface area (Å²) in [6.07, 6.45) is 13.6. The van der Waals surface area contributed by atoms with Crippen molar-refractivity contribution in [3.05, 3.63) is 0 Å². The van der Waals surface area contributed by atoms with Crippen LogP contribution in [0.4, 0.5) is 0 Å². The van der Waals surface area contributed by atoms with Gasteiger partial charge in [-0.15, -0.1) is 11.8 Å². The van der Waals surface area contributed by atoms with Crippen LogP contribution in [-0.2, 0) is 9.53 Å². The lowest BCUT2D eigenvalue weighted by Crippen LogP contribution is -1.99. The van der Waals surface area contributed by atoms with Gasteiger partial charge in [-0.05, 0) is 19.3 Å². The summed E-state index contributed by atoms with van der Waals surface area (Å²) in [6.45, 7) is 2.22. The Hall–Kier alpha value is -0.970. The minimum atomic E-state index is -0.0849. The third kappa shape index (κ3) is 15.0. The molecule has 0 aliphatic carbocycles. The van der Waals surface area contributed by atoms with E-state index in [0.717, 1.165) is 25.7 Å². The SMILES string of the molecule is CCCCCC#CCCCCCCCCC(=O)OC. The lowest BCUT2D eigenvalue weighted by Gasteiger charge is -2.00. The molecule has 19 heavy (non-hydrogen) atoms. The minimum absolute atomic E-state index is 0.0849. The van der Waals surface area contributed by atoms with Crippen LogP contribution in [0.1, 0.15) is 84.0 Å². The largest absolute Gasteiger partial charge is 0.469 e. The Morgan fingerprint density at radius 3 is 1.95 bits per heavy atom. The number of methoxy groups -OCH3 is 1. The summed E-state index contributed by atoms with van der Waals surface area (Å²) in [5, 5.41) is 0. The normalized spacial score (nSPS) is 9.79. The lowest BCUT2D eigenvalue weighted by atomic mass is 10.1. The molecule has 0 unspecified atom stereocenters. The number of carbonyl (C=O) groups is 1. The van der Waals surface area contributed by atoms with E-state index >= 15 is 0 Å². The summed E-state index contributed by atoms with van der Waals surface area (Å²) in [7, 11) is 1.45. The molecule has 0 aromatic heterocycles. The molecule has 0 saturated carbocycles. The van der Waals surface area contributed by atoms with E-state index < -0.39 is 0 Å². The average Bonchev–Trinajstić information content (AvgIpc) is 2.43. The zero-order chi connectivity index (χ0) is 14.2. The quantitative estimate of drug-likeness (QED) is 0.303. The van der Waals surface area contributed by atoms with Gasteiger partial charge in [0.15, 0.2) is 0 Å². The first-order valence-electron chi connectivity index (χ1n) is 7.83. The number of unbranched alkanes of at least 4 members (excludes halogenated alkanes) is 9. The van der Waals surface area contributed by atoms with E-state index in [1.807, 2.05) is 0 Å². The van der Waals surface area contributed by atoms with Crippen LogP contribution < -0.4 is 0 Å². The zero-order valence-electron chi connectivity index (χ0n) is 12.8. The van der Waals surface area contributed by atoms with Crippen LogP contribution in [0, 0.1) is 11.8 Å². The van der Waals surface area contributed by atoms with Crippen molar-refractivity contribution in [2.75, 3.05) is 7.11 Å². The van der Waals surface area contributed by atoms with Crippen molar-refractivity contribution < 1.29 is 9.53 Å². The smallest absolute Gasteiger partial charge is 0.305 e. The molecule has 0 bridgehead atoms. The minimum Gasteiger partial charge on any atom is -0.469 e. The van der Waals surface area contributed by atoms with E-state index in [0.29, 0.717) is 6.42 Å². The molecule has 0 aromatic rings. The standard InChI is InChI=1S/C17H30O2/c1-3-4-5-6-7-8-9-10-11-12-13-14-15-16-17(18)19-2/h3-6,9-16H2,1-2H3. The van der Waals surface area contributed by atoms with E-state index in [1.54, 1.807) is 0 Å². The van der Waals surface area contributed by atoms with Crippen molar-refractivity contribution >= 4 is 5.97 Å². The van der Waals surface area contributed by atoms with Gasteiger partial charge >= 0.3 is 5.97 Å². The van der Waals surface area contributed by atoms with Crippen LogP contribution in [0.3, 0.4) is 0 Å². The average molecular weight is 266 g/mol. The van der Waals surface area contributed by atoms with E-state index in [1.165, 1.54) is 52.1 Å². The molecular formula is C17H30O2. The maximum Gasteiger partial charge on any atom is 0.305 e. The van der Waals surface area contributed by atoms with Crippen molar-refractivity contribution in [1.82, 2.24) is 0 Å². The summed E-state index contributed by atoms with van der Waals surface area (Å²) in [5.41, 5.74) is 0. The van der Waals surface area contributed by atoms with E-state index in [9.17, 15) is 4.79 Å². The number of esters is 1. The Morgan fingerprint density at radius 2 is 1.37 bits per heavy atom. The summed E-state index contributed by atoms with van der Waals surface area (Å²) in [5.74, 6) is 6.42. The summed E-state index contributed by atoms with van der Waals surface area (Å²) in [4.78, 5) is 10.9. The van der Waals surface area contributed by atoms with Crippen molar-refractivity contribution in [2.24, 2.45) is 0 Å². The molecule has 0 rings (SSSR count). The molecule has 0 amide bonds. The summed E-state index contributed by atoms with van der Waals surface area (Å²) >= 11 is 0. The van der Waals surface area contributed by atoms with Gasteiger partial charge in [-0.1, -0.05) is 45.4 Å². The molecule has 0 saturated heterocycles. The fourth-order valence-electron chi connectivity index (χ4n) is 1.93. The second kappa shape index (κ2) is 15.1. The van der Waals surface area contributed by atoms with Gasteiger partial charge in [0, 0.05) is 19.3 Å². The second-order valence-electron chi connectivity index (χ2n) is 5.01.